The molecule has 0 aromatic heterocycles. The molecule has 2 aromatic rings. The van der Waals surface area contributed by atoms with Crippen LogP contribution in [0.15, 0.2) is 53.0 Å². The van der Waals surface area contributed by atoms with E-state index >= 15 is 0 Å². The fraction of sp³-hybridized carbons (Fsp3) is 0.235. The molecule has 2 atom stereocenters. The maximum atomic E-state index is 12.1. The third-order valence-electron chi connectivity index (χ3n) is 3.78. The quantitative estimate of drug-likeness (QED) is 0.815. The number of ketones is 1. The molecule has 0 radical (unpaired) electrons. The number of carbonyl (C=O) groups excluding carboxylic acids is 1. The van der Waals surface area contributed by atoms with E-state index in [2.05, 4.69) is 33.4 Å². The summed E-state index contributed by atoms with van der Waals surface area (Å²) < 4.78 is 0.915. The third kappa shape index (κ3) is 3.52. The van der Waals surface area contributed by atoms with Gasteiger partial charge in [-0.15, -0.1) is 0 Å². The zero-order chi connectivity index (χ0) is 14.8. The molecular weight excluding hydrogens is 328 g/mol. The van der Waals surface area contributed by atoms with Crippen LogP contribution in [0.2, 0.25) is 0 Å². The van der Waals surface area contributed by atoms with E-state index in [1.54, 1.807) is 0 Å². The summed E-state index contributed by atoms with van der Waals surface area (Å²) in [5.74, 6) is 0.590. The second-order valence-corrected chi connectivity index (χ2v) is 6.33. The molecule has 0 unspecified atom stereocenters. The predicted molar refractivity (Wildman–Crippen MR) is 88.7 cm³/mol. The molecule has 0 saturated heterocycles. The number of hydrogen-bond acceptors (Lipinski definition) is 3. The lowest BCUT2D eigenvalue weighted by molar-refractivity contribution is 0.101. The van der Waals surface area contributed by atoms with E-state index in [-0.39, 0.29) is 5.78 Å². The van der Waals surface area contributed by atoms with Gasteiger partial charge in [0.25, 0.3) is 0 Å². The molecule has 0 amide bonds. The van der Waals surface area contributed by atoms with Crippen LogP contribution < -0.4 is 11.1 Å². The Morgan fingerprint density at radius 1 is 1.24 bits per heavy atom. The summed E-state index contributed by atoms with van der Waals surface area (Å²) in [7, 11) is 0. The molecule has 21 heavy (non-hydrogen) atoms. The highest BCUT2D eigenvalue weighted by Gasteiger charge is 2.34. The molecule has 108 valence electrons. The van der Waals surface area contributed by atoms with Gasteiger partial charge in [0.1, 0.15) is 0 Å². The van der Waals surface area contributed by atoms with Gasteiger partial charge in [0, 0.05) is 27.7 Å². The number of benzene rings is 2. The maximum absolute atomic E-state index is 12.1. The smallest absolute Gasteiger partial charge is 0.181 e. The van der Waals surface area contributed by atoms with E-state index in [9.17, 15) is 4.79 Å². The monoisotopic (exact) mass is 344 g/mol. The van der Waals surface area contributed by atoms with E-state index in [1.165, 1.54) is 5.56 Å². The second-order valence-electron chi connectivity index (χ2n) is 5.42. The summed E-state index contributed by atoms with van der Waals surface area (Å²) in [5, 5.41) is 3.16. The van der Waals surface area contributed by atoms with Crippen LogP contribution in [-0.2, 0) is 0 Å². The molecule has 2 aromatic carbocycles. The summed E-state index contributed by atoms with van der Waals surface area (Å²) >= 11 is 3.38. The van der Waals surface area contributed by atoms with Crippen molar-refractivity contribution in [2.75, 3.05) is 11.9 Å². The first-order valence-electron chi connectivity index (χ1n) is 7.01. The Hall–Kier alpha value is -1.65. The zero-order valence-corrected chi connectivity index (χ0v) is 13.1. The van der Waals surface area contributed by atoms with Gasteiger partial charge in [-0.2, -0.15) is 0 Å². The van der Waals surface area contributed by atoms with Gasteiger partial charge >= 0.3 is 0 Å². The molecule has 1 aliphatic rings. The van der Waals surface area contributed by atoms with Crippen LogP contribution in [0.3, 0.4) is 0 Å². The summed E-state index contributed by atoms with van der Waals surface area (Å²) in [6.07, 6.45) is 1.08. The molecule has 0 heterocycles. The SMILES string of the molecule is N[C@@H]1C[C@H]1c1ccc(NCC(=O)c2cccc(Br)c2)cc1. The fourth-order valence-electron chi connectivity index (χ4n) is 2.39. The highest BCUT2D eigenvalue weighted by molar-refractivity contribution is 9.10. The lowest BCUT2D eigenvalue weighted by atomic mass is 10.1. The van der Waals surface area contributed by atoms with Crippen molar-refractivity contribution in [2.24, 2.45) is 5.73 Å². The topological polar surface area (TPSA) is 55.1 Å². The molecule has 4 heteroatoms. The predicted octanol–water partition coefficient (Wildman–Crippen LogP) is 3.56. The first-order chi connectivity index (χ1) is 10.1. The average molecular weight is 345 g/mol. The van der Waals surface area contributed by atoms with Crippen LogP contribution >= 0.6 is 15.9 Å². The highest BCUT2D eigenvalue weighted by atomic mass is 79.9. The number of nitrogens with one attached hydrogen (secondary N) is 1. The highest BCUT2D eigenvalue weighted by Crippen LogP contribution is 2.39. The number of anilines is 1. The average Bonchev–Trinajstić information content (AvgIpc) is 3.22. The molecule has 3 rings (SSSR count). The van der Waals surface area contributed by atoms with Crippen molar-refractivity contribution < 1.29 is 4.79 Å². The standard InChI is InChI=1S/C17H17BrN2O/c18-13-3-1-2-12(8-13)17(21)10-20-14-6-4-11(5-7-14)15-9-16(15)19/h1-8,15-16,20H,9-10,19H2/t15-,16+/m0/s1. The van der Waals surface area contributed by atoms with Crippen LogP contribution in [0, 0.1) is 0 Å². The Morgan fingerprint density at radius 2 is 1.95 bits per heavy atom. The van der Waals surface area contributed by atoms with Crippen LogP contribution in [-0.4, -0.2) is 18.4 Å². The normalized spacial score (nSPS) is 20.1. The van der Waals surface area contributed by atoms with Gasteiger partial charge in [0.2, 0.25) is 0 Å². The van der Waals surface area contributed by atoms with E-state index in [4.69, 9.17) is 5.73 Å². The Bertz CT molecular complexity index is 654. The Balaban J connectivity index is 1.58. The van der Waals surface area contributed by atoms with Crippen molar-refractivity contribution in [2.45, 2.75) is 18.4 Å². The number of nitrogens with two attached hydrogens (primary N) is 1. The van der Waals surface area contributed by atoms with E-state index in [0.29, 0.717) is 24.1 Å². The van der Waals surface area contributed by atoms with Crippen LogP contribution in [0.4, 0.5) is 5.69 Å². The molecule has 3 nitrogen and oxygen atoms in total. The Kier molecular flexibility index (Phi) is 4.08. The summed E-state index contributed by atoms with van der Waals surface area (Å²) in [5.41, 5.74) is 8.79. The number of carbonyl (C=O) groups is 1. The van der Waals surface area contributed by atoms with Gasteiger partial charge in [-0.3, -0.25) is 4.79 Å². The maximum Gasteiger partial charge on any atom is 0.181 e. The minimum Gasteiger partial charge on any atom is -0.378 e. The molecule has 1 aliphatic carbocycles. The van der Waals surface area contributed by atoms with Crippen LogP contribution in [0.1, 0.15) is 28.3 Å². The summed E-state index contributed by atoms with van der Waals surface area (Å²) in [6.45, 7) is 0.290. The number of hydrogen-bond donors (Lipinski definition) is 2. The van der Waals surface area contributed by atoms with Gasteiger partial charge in [-0.05, 0) is 36.2 Å². The van der Waals surface area contributed by atoms with Crippen LogP contribution in [0.25, 0.3) is 0 Å². The number of rotatable bonds is 5. The van der Waals surface area contributed by atoms with Gasteiger partial charge < -0.3 is 11.1 Å². The van der Waals surface area contributed by atoms with Crippen molar-refractivity contribution in [3.63, 3.8) is 0 Å². The lowest BCUT2D eigenvalue weighted by Gasteiger charge is -2.07. The molecule has 1 fully saturated rings. The Labute approximate surface area is 132 Å². The third-order valence-corrected chi connectivity index (χ3v) is 4.27. The van der Waals surface area contributed by atoms with Crippen molar-refractivity contribution in [3.8, 4) is 0 Å². The second kappa shape index (κ2) is 6.00. The molecule has 0 bridgehead atoms. The minimum absolute atomic E-state index is 0.0737. The molecule has 3 N–H and O–H groups in total. The first-order valence-corrected chi connectivity index (χ1v) is 7.81. The van der Waals surface area contributed by atoms with Crippen molar-refractivity contribution in [3.05, 3.63) is 64.1 Å². The van der Waals surface area contributed by atoms with Gasteiger partial charge in [-0.25, -0.2) is 0 Å². The summed E-state index contributed by atoms with van der Waals surface area (Å²) in [6, 6.07) is 15.9. The van der Waals surface area contributed by atoms with Gasteiger partial charge in [0.15, 0.2) is 5.78 Å². The molecule has 0 aliphatic heterocycles. The fourth-order valence-corrected chi connectivity index (χ4v) is 2.79. The Morgan fingerprint density at radius 3 is 2.57 bits per heavy atom. The zero-order valence-electron chi connectivity index (χ0n) is 11.6. The first kappa shape index (κ1) is 14.3. The minimum atomic E-state index is 0.0737. The lowest BCUT2D eigenvalue weighted by Crippen LogP contribution is -2.13. The van der Waals surface area contributed by atoms with Crippen LogP contribution in [0.5, 0.6) is 0 Å². The van der Waals surface area contributed by atoms with Crippen molar-refractivity contribution in [1.29, 1.82) is 0 Å². The van der Waals surface area contributed by atoms with Gasteiger partial charge in [-0.1, -0.05) is 40.2 Å². The largest absolute Gasteiger partial charge is 0.378 e. The van der Waals surface area contributed by atoms with Gasteiger partial charge in [0.05, 0.1) is 6.54 Å². The molecular formula is C17H17BrN2O. The number of halogens is 1. The van der Waals surface area contributed by atoms with Crippen molar-refractivity contribution in [1.82, 2.24) is 0 Å². The molecule has 1 saturated carbocycles. The number of Topliss-reactive ketones (excluding diaryl/α,β-unsaturated/α-hetero) is 1. The van der Waals surface area contributed by atoms with E-state index < -0.39 is 0 Å². The van der Waals surface area contributed by atoms with E-state index in [1.807, 2.05) is 36.4 Å². The van der Waals surface area contributed by atoms with Crippen molar-refractivity contribution >= 4 is 27.4 Å². The molecule has 0 spiro atoms. The van der Waals surface area contributed by atoms with E-state index in [0.717, 1.165) is 16.6 Å². The summed E-state index contributed by atoms with van der Waals surface area (Å²) in [4.78, 5) is 12.1.